The number of carbonyl (C=O) groups excluding carboxylic acids is 1. The third-order valence-electron chi connectivity index (χ3n) is 5.76. The van der Waals surface area contributed by atoms with Crippen LogP contribution >= 0.6 is 24.0 Å². The Hall–Kier alpha value is -2.88. The average molecular weight is 562 g/mol. The molecular formula is C25H28FIN4O2. The first kappa shape index (κ1) is 24.8. The van der Waals surface area contributed by atoms with Crippen LogP contribution in [0.1, 0.15) is 40.1 Å². The highest BCUT2D eigenvalue weighted by Gasteiger charge is 2.44. The molecule has 1 aliphatic rings. The number of furan rings is 1. The number of rotatable bonds is 8. The standard InChI is InChI=1S/C25H27FN4O2.HI/c1-27-24(30-17-25(10-11-25)20-7-3-8-21(26)14-20)29-15-18-5-2-6-19(13-18)23(31)28-16-22-9-4-12-32-22;/h2-9,12-14H,10-11,15-17H2,1H3,(H,28,31)(H2,27,29,30);1H. The summed E-state index contributed by atoms with van der Waals surface area (Å²) in [4.78, 5) is 16.7. The van der Waals surface area contributed by atoms with Crippen LogP contribution in [0.4, 0.5) is 4.39 Å². The highest BCUT2D eigenvalue weighted by Crippen LogP contribution is 2.47. The zero-order valence-corrected chi connectivity index (χ0v) is 20.8. The van der Waals surface area contributed by atoms with Gasteiger partial charge in [-0.2, -0.15) is 0 Å². The topological polar surface area (TPSA) is 78.7 Å². The van der Waals surface area contributed by atoms with E-state index in [2.05, 4.69) is 20.9 Å². The van der Waals surface area contributed by atoms with Crippen molar-refractivity contribution in [2.45, 2.75) is 31.3 Å². The number of amides is 1. The first-order valence-electron chi connectivity index (χ1n) is 10.7. The second kappa shape index (κ2) is 11.3. The van der Waals surface area contributed by atoms with Crippen LogP contribution in [0.2, 0.25) is 0 Å². The molecule has 6 nitrogen and oxygen atoms in total. The van der Waals surface area contributed by atoms with Crippen molar-refractivity contribution in [1.29, 1.82) is 0 Å². The van der Waals surface area contributed by atoms with Gasteiger partial charge in [-0.3, -0.25) is 9.79 Å². The van der Waals surface area contributed by atoms with Crippen molar-refractivity contribution >= 4 is 35.8 Å². The summed E-state index contributed by atoms with van der Waals surface area (Å²) in [6, 6.07) is 17.9. The quantitative estimate of drug-likeness (QED) is 0.217. The van der Waals surface area contributed by atoms with Gasteiger partial charge in [0.15, 0.2) is 5.96 Å². The maximum Gasteiger partial charge on any atom is 0.251 e. The zero-order chi connectivity index (χ0) is 22.4. The van der Waals surface area contributed by atoms with Gasteiger partial charge in [-0.25, -0.2) is 4.39 Å². The van der Waals surface area contributed by atoms with E-state index in [9.17, 15) is 9.18 Å². The van der Waals surface area contributed by atoms with E-state index in [0.717, 1.165) is 24.0 Å². The summed E-state index contributed by atoms with van der Waals surface area (Å²) in [6.45, 7) is 1.55. The molecule has 0 radical (unpaired) electrons. The van der Waals surface area contributed by atoms with Gasteiger partial charge in [0.1, 0.15) is 11.6 Å². The van der Waals surface area contributed by atoms with Crippen molar-refractivity contribution in [3.8, 4) is 0 Å². The average Bonchev–Trinajstić information content (AvgIpc) is 3.43. The van der Waals surface area contributed by atoms with Crippen molar-refractivity contribution < 1.29 is 13.6 Å². The van der Waals surface area contributed by atoms with Gasteiger partial charge in [-0.1, -0.05) is 24.3 Å². The number of guanidine groups is 1. The fraction of sp³-hybridized carbons (Fsp3) is 0.280. The van der Waals surface area contributed by atoms with Gasteiger partial charge in [0.05, 0.1) is 12.8 Å². The van der Waals surface area contributed by atoms with Crippen LogP contribution in [-0.4, -0.2) is 25.5 Å². The van der Waals surface area contributed by atoms with Crippen LogP contribution < -0.4 is 16.0 Å². The van der Waals surface area contributed by atoms with Crippen LogP contribution in [0.25, 0.3) is 0 Å². The molecule has 174 valence electrons. The lowest BCUT2D eigenvalue weighted by molar-refractivity contribution is 0.0948. The molecule has 0 unspecified atom stereocenters. The number of benzene rings is 2. The minimum absolute atomic E-state index is 0. The maximum atomic E-state index is 13.6. The third kappa shape index (κ3) is 6.56. The van der Waals surface area contributed by atoms with E-state index >= 15 is 0 Å². The van der Waals surface area contributed by atoms with Crippen molar-refractivity contribution in [2.75, 3.05) is 13.6 Å². The van der Waals surface area contributed by atoms with Gasteiger partial charge in [-0.05, 0) is 60.4 Å². The minimum Gasteiger partial charge on any atom is -0.467 e. The van der Waals surface area contributed by atoms with E-state index in [-0.39, 0.29) is 41.1 Å². The number of aliphatic imine (C=N–C) groups is 1. The summed E-state index contributed by atoms with van der Waals surface area (Å²) in [6.07, 6.45) is 3.63. The van der Waals surface area contributed by atoms with Gasteiger partial charge < -0.3 is 20.4 Å². The van der Waals surface area contributed by atoms with Crippen LogP contribution in [0.5, 0.6) is 0 Å². The molecule has 0 bridgehead atoms. The fourth-order valence-electron chi connectivity index (χ4n) is 3.70. The predicted molar refractivity (Wildman–Crippen MR) is 137 cm³/mol. The highest BCUT2D eigenvalue weighted by atomic mass is 127. The molecule has 1 saturated carbocycles. The van der Waals surface area contributed by atoms with Gasteiger partial charge in [0.2, 0.25) is 0 Å². The van der Waals surface area contributed by atoms with Gasteiger partial charge in [0.25, 0.3) is 5.91 Å². The Bertz CT molecular complexity index is 1100. The molecule has 8 heteroatoms. The zero-order valence-electron chi connectivity index (χ0n) is 18.4. The molecule has 2 aromatic carbocycles. The predicted octanol–water partition coefficient (Wildman–Crippen LogP) is 4.36. The molecule has 0 saturated heterocycles. The number of nitrogens with zero attached hydrogens (tertiary/aromatic N) is 1. The van der Waals surface area contributed by atoms with E-state index in [1.165, 1.54) is 6.07 Å². The van der Waals surface area contributed by atoms with E-state index < -0.39 is 0 Å². The molecule has 3 N–H and O–H groups in total. The second-order valence-electron chi connectivity index (χ2n) is 8.03. The lowest BCUT2D eigenvalue weighted by Gasteiger charge is -2.19. The normalized spacial score (nSPS) is 14.2. The smallest absolute Gasteiger partial charge is 0.251 e. The number of halogens is 2. The van der Waals surface area contributed by atoms with E-state index in [1.807, 2.05) is 30.3 Å². The van der Waals surface area contributed by atoms with Gasteiger partial charge in [-0.15, -0.1) is 24.0 Å². The number of hydrogen-bond acceptors (Lipinski definition) is 3. The first-order chi connectivity index (χ1) is 15.6. The SMILES string of the molecule is CN=C(NCc1cccc(C(=O)NCc2ccco2)c1)NCC1(c2cccc(F)c2)CC1.I. The summed E-state index contributed by atoms with van der Waals surface area (Å²) in [5, 5.41) is 9.50. The Labute approximate surface area is 210 Å². The second-order valence-corrected chi connectivity index (χ2v) is 8.03. The summed E-state index contributed by atoms with van der Waals surface area (Å²) in [7, 11) is 1.72. The fourth-order valence-corrected chi connectivity index (χ4v) is 3.70. The summed E-state index contributed by atoms with van der Waals surface area (Å²) in [5.41, 5.74) is 2.53. The molecule has 1 amide bonds. The van der Waals surface area contributed by atoms with Crippen LogP contribution in [-0.2, 0) is 18.5 Å². The molecule has 1 fully saturated rings. The Morgan fingerprint density at radius 1 is 1.03 bits per heavy atom. The Morgan fingerprint density at radius 3 is 2.55 bits per heavy atom. The molecule has 3 aromatic rings. The molecule has 0 aliphatic heterocycles. The van der Waals surface area contributed by atoms with Crippen LogP contribution in [0.3, 0.4) is 0 Å². The molecule has 1 aliphatic carbocycles. The van der Waals surface area contributed by atoms with Crippen molar-refractivity contribution in [3.05, 3.63) is 95.2 Å². The molecule has 1 aromatic heterocycles. The molecule has 33 heavy (non-hydrogen) atoms. The summed E-state index contributed by atoms with van der Waals surface area (Å²) in [5.74, 6) is 1.01. The lowest BCUT2D eigenvalue weighted by atomic mass is 9.96. The van der Waals surface area contributed by atoms with Crippen molar-refractivity contribution in [3.63, 3.8) is 0 Å². The van der Waals surface area contributed by atoms with Gasteiger partial charge in [0, 0.05) is 31.1 Å². The van der Waals surface area contributed by atoms with E-state index in [0.29, 0.717) is 36.9 Å². The monoisotopic (exact) mass is 562 g/mol. The molecular weight excluding hydrogens is 534 g/mol. The molecule has 0 atom stereocenters. The van der Waals surface area contributed by atoms with Crippen molar-refractivity contribution in [1.82, 2.24) is 16.0 Å². The number of hydrogen-bond donors (Lipinski definition) is 3. The summed E-state index contributed by atoms with van der Waals surface area (Å²) < 4.78 is 18.9. The number of carbonyl (C=O) groups is 1. The van der Waals surface area contributed by atoms with E-state index in [1.54, 1.807) is 37.6 Å². The molecule has 1 heterocycles. The van der Waals surface area contributed by atoms with Crippen LogP contribution in [0, 0.1) is 5.82 Å². The van der Waals surface area contributed by atoms with Crippen molar-refractivity contribution in [2.24, 2.45) is 4.99 Å². The Morgan fingerprint density at radius 2 is 1.85 bits per heavy atom. The maximum absolute atomic E-state index is 13.6. The molecule has 4 rings (SSSR count). The van der Waals surface area contributed by atoms with Gasteiger partial charge >= 0.3 is 0 Å². The Balaban J connectivity index is 0.00000306. The lowest BCUT2D eigenvalue weighted by Crippen LogP contribution is -2.41. The van der Waals surface area contributed by atoms with E-state index in [4.69, 9.17) is 4.42 Å². The largest absolute Gasteiger partial charge is 0.467 e. The molecule has 0 spiro atoms. The Kier molecular flexibility index (Phi) is 8.49. The minimum atomic E-state index is -0.204. The number of nitrogens with one attached hydrogen (secondary N) is 3. The van der Waals surface area contributed by atoms with Crippen LogP contribution in [0.15, 0.2) is 76.3 Å². The first-order valence-corrected chi connectivity index (χ1v) is 10.7. The summed E-state index contributed by atoms with van der Waals surface area (Å²) >= 11 is 0. The third-order valence-corrected chi connectivity index (χ3v) is 5.76. The highest BCUT2D eigenvalue weighted by molar-refractivity contribution is 14.0.